The Morgan fingerprint density at radius 2 is 2.11 bits per heavy atom. The van der Waals surface area contributed by atoms with Crippen molar-refractivity contribution in [1.29, 1.82) is 0 Å². The summed E-state index contributed by atoms with van der Waals surface area (Å²) in [5, 5.41) is 21.2. The number of anilines is 1. The van der Waals surface area contributed by atoms with Gasteiger partial charge in [-0.2, -0.15) is 0 Å². The number of nitrogens with zero attached hydrogens (tertiary/aromatic N) is 2. The summed E-state index contributed by atoms with van der Waals surface area (Å²) in [6.07, 6.45) is 0.732. The molecular weight excluding hydrogens is 392 g/mol. The molecule has 0 aromatic carbocycles. The van der Waals surface area contributed by atoms with E-state index in [4.69, 9.17) is 11.5 Å². The molecule has 1 fully saturated rings. The number of fused-ring (bicyclic) bond motifs is 1. The predicted molar refractivity (Wildman–Crippen MR) is 101 cm³/mol. The Morgan fingerprint density at radius 1 is 1.44 bits per heavy atom. The van der Waals surface area contributed by atoms with Crippen molar-refractivity contribution in [1.82, 2.24) is 9.88 Å². The molecule has 0 spiro atoms. The number of rotatable bonds is 6. The summed E-state index contributed by atoms with van der Waals surface area (Å²) in [6, 6.07) is -0.375. The second kappa shape index (κ2) is 6.98. The zero-order valence-electron chi connectivity index (χ0n) is 14.4. The molecule has 2 amide bonds. The van der Waals surface area contributed by atoms with Gasteiger partial charge < -0.3 is 26.6 Å². The lowest BCUT2D eigenvalue weighted by molar-refractivity contribution is -0.163. The normalized spacial score (nSPS) is 25.7. The molecule has 11 heteroatoms. The van der Waals surface area contributed by atoms with Crippen LogP contribution in [0.2, 0.25) is 0 Å². The highest BCUT2D eigenvalue weighted by Gasteiger charge is 2.59. The van der Waals surface area contributed by atoms with Crippen LogP contribution in [0.4, 0.5) is 5.13 Å². The van der Waals surface area contributed by atoms with Gasteiger partial charge in [0.1, 0.15) is 11.4 Å². The first-order valence-electron chi connectivity index (χ1n) is 8.03. The Hall–Kier alpha value is -2.37. The molecule has 144 valence electrons. The SMILES string of the molecule is C[C@@H](O)[C@H]1C(=O)N2C(C(=O)O)=C(S/C=C\c3sc(N)nc3C(N)=O)[C@H](C)[C@H]12. The number of nitrogen functional groups attached to an aromatic ring is 1. The maximum Gasteiger partial charge on any atom is 0.353 e. The lowest BCUT2D eigenvalue weighted by atomic mass is 9.79. The molecule has 1 aromatic rings. The quantitative estimate of drug-likeness (QED) is 0.498. The van der Waals surface area contributed by atoms with Crippen LogP contribution >= 0.6 is 23.1 Å². The van der Waals surface area contributed by atoms with Crippen LogP contribution in [0, 0.1) is 11.8 Å². The molecule has 3 rings (SSSR count). The monoisotopic (exact) mass is 410 g/mol. The van der Waals surface area contributed by atoms with Crippen LogP contribution in [-0.4, -0.2) is 50.0 Å². The van der Waals surface area contributed by atoms with E-state index in [1.54, 1.807) is 11.5 Å². The number of aliphatic hydroxyl groups is 1. The Balaban J connectivity index is 1.87. The van der Waals surface area contributed by atoms with E-state index in [2.05, 4.69) is 4.98 Å². The van der Waals surface area contributed by atoms with Crippen LogP contribution in [0.3, 0.4) is 0 Å². The number of β-lactam (4-membered cyclic amide) rings is 1. The van der Waals surface area contributed by atoms with Crippen molar-refractivity contribution in [2.24, 2.45) is 17.6 Å². The van der Waals surface area contributed by atoms with E-state index in [1.165, 1.54) is 11.8 Å². The molecule has 3 heterocycles. The van der Waals surface area contributed by atoms with Crippen molar-refractivity contribution < 1.29 is 24.6 Å². The van der Waals surface area contributed by atoms with Gasteiger partial charge in [0, 0.05) is 10.8 Å². The van der Waals surface area contributed by atoms with Crippen LogP contribution in [0.25, 0.3) is 6.08 Å². The number of hydrogen-bond acceptors (Lipinski definition) is 8. The second-order valence-corrected chi connectivity index (χ2v) is 8.33. The molecule has 2 aliphatic heterocycles. The average Bonchev–Trinajstić information content (AvgIpc) is 3.04. The third-order valence-electron chi connectivity index (χ3n) is 4.63. The molecule has 4 atom stereocenters. The summed E-state index contributed by atoms with van der Waals surface area (Å²) in [5.74, 6) is -3.14. The molecule has 0 aliphatic carbocycles. The largest absolute Gasteiger partial charge is 0.477 e. The third kappa shape index (κ3) is 3.11. The van der Waals surface area contributed by atoms with Gasteiger partial charge in [-0.05, 0) is 18.4 Å². The maximum absolute atomic E-state index is 12.3. The predicted octanol–water partition coefficient (Wildman–Crippen LogP) is 0.682. The molecule has 0 saturated carbocycles. The Labute approximate surface area is 162 Å². The number of carboxylic acids is 1. The standard InChI is InChI=1S/C16H18N4O5S2/c1-5-10-8(6(2)21)14(23)20(10)11(15(24)25)12(5)26-4-3-7-9(13(17)22)19-16(18)27-7/h3-6,8,10,21H,1-2H3,(H2,17,22)(H2,18,19)(H,24,25)/b4-3-/t5-,6-,8-,10-/m1/s1. The van der Waals surface area contributed by atoms with Gasteiger partial charge in [-0.3, -0.25) is 9.59 Å². The fourth-order valence-corrected chi connectivity index (χ4v) is 5.32. The lowest BCUT2D eigenvalue weighted by Crippen LogP contribution is -2.63. The topological polar surface area (TPSA) is 160 Å². The van der Waals surface area contributed by atoms with Gasteiger partial charge in [-0.25, -0.2) is 9.78 Å². The Morgan fingerprint density at radius 3 is 2.67 bits per heavy atom. The summed E-state index contributed by atoms with van der Waals surface area (Å²) in [6.45, 7) is 3.35. The Kier molecular flexibility index (Phi) is 5.02. The van der Waals surface area contributed by atoms with Crippen molar-refractivity contribution in [3.8, 4) is 0 Å². The van der Waals surface area contributed by atoms with Crippen molar-refractivity contribution in [3.05, 3.63) is 26.6 Å². The smallest absolute Gasteiger partial charge is 0.353 e. The van der Waals surface area contributed by atoms with E-state index in [1.807, 2.05) is 6.92 Å². The van der Waals surface area contributed by atoms with E-state index in [0.717, 1.165) is 23.1 Å². The fourth-order valence-electron chi connectivity index (χ4n) is 3.49. The molecule has 1 aromatic heterocycles. The molecule has 0 radical (unpaired) electrons. The molecule has 27 heavy (non-hydrogen) atoms. The van der Waals surface area contributed by atoms with Crippen molar-refractivity contribution in [2.75, 3.05) is 5.73 Å². The maximum atomic E-state index is 12.3. The minimum atomic E-state index is -1.20. The summed E-state index contributed by atoms with van der Waals surface area (Å²) in [4.78, 5) is 41.5. The van der Waals surface area contributed by atoms with E-state index in [-0.39, 0.29) is 34.4 Å². The number of carbonyl (C=O) groups is 3. The minimum absolute atomic E-state index is 0.0504. The number of carboxylic acid groups (broad SMARTS) is 1. The molecule has 1 saturated heterocycles. The van der Waals surface area contributed by atoms with Crippen LogP contribution in [0.1, 0.15) is 29.2 Å². The highest BCUT2D eigenvalue weighted by Crippen LogP contribution is 2.50. The third-order valence-corrected chi connectivity index (χ3v) is 6.57. The first-order chi connectivity index (χ1) is 12.6. The van der Waals surface area contributed by atoms with Crippen molar-refractivity contribution >= 4 is 52.1 Å². The number of nitrogens with two attached hydrogens (primary N) is 2. The zero-order valence-corrected chi connectivity index (χ0v) is 16.1. The number of aliphatic carboxylic acids is 1. The Bertz CT molecular complexity index is 891. The van der Waals surface area contributed by atoms with Crippen LogP contribution < -0.4 is 11.5 Å². The lowest BCUT2D eigenvalue weighted by Gasteiger charge is -2.46. The van der Waals surface area contributed by atoms with Gasteiger partial charge in [-0.15, -0.1) is 0 Å². The van der Waals surface area contributed by atoms with E-state index >= 15 is 0 Å². The molecule has 0 unspecified atom stereocenters. The molecule has 0 bridgehead atoms. The van der Waals surface area contributed by atoms with Crippen molar-refractivity contribution in [2.45, 2.75) is 26.0 Å². The summed E-state index contributed by atoms with van der Waals surface area (Å²) in [5.41, 5.74) is 10.8. The van der Waals surface area contributed by atoms with Crippen LogP contribution in [-0.2, 0) is 9.59 Å². The second-order valence-electron chi connectivity index (χ2n) is 6.32. The zero-order chi connectivity index (χ0) is 20.0. The number of amides is 2. The van der Waals surface area contributed by atoms with E-state index in [9.17, 15) is 24.6 Å². The number of primary amides is 1. The molecule has 9 nitrogen and oxygen atoms in total. The van der Waals surface area contributed by atoms with E-state index < -0.39 is 23.9 Å². The highest BCUT2D eigenvalue weighted by molar-refractivity contribution is 8.06. The van der Waals surface area contributed by atoms with Crippen LogP contribution in [0.5, 0.6) is 0 Å². The number of thioether (sulfide) groups is 1. The van der Waals surface area contributed by atoms with Crippen LogP contribution in [0.15, 0.2) is 16.0 Å². The van der Waals surface area contributed by atoms with Gasteiger partial charge >= 0.3 is 5.97 Å². The fraction of sp³-hybridized carbons (Fsp3) is 0.375. The first-order valence-corrected chi connectivity index (χ1v) is 9.72. The number of hydrogen-bond donors (Lipinski definition) is 4. The number of aliphatic hydroxyl groups excluding tert-OH is 1. The highest BCUT2D eigenvalue weighted by atomic mass is 32.2. The average molecular weight is 410 g/mol. The van der Waals surface area contributed by atoms with Gasteiger partial charge in [0.25, 0.3) is 5.91 Å². The number of thiazole rings is 1. The van der Waals surface area contributed by atoms with Gasteiger partial charge in [0.15, 0.2) is 5.13 Å². The summed E-state index contributed by atoms with van der Waals surface area (Å²) < 4.78 is 0. The summed E-state index contributed by atoms with van der Waals surface area (Å²) in [7, 11) is 0. The minimum Gasteiger partial charge on any atom is -0.477 e. The van der Waals surface area contributed by atoms with Gasteiger partial charge in [-0.1, -0.05) is 30.0 Å². The number of carbonyl (C=O) groups excluding carboxylic acids is 2. The number of aromatic nitrogens is 1. The molecular formula is C16H18N4O5S2. The molecule has 6 N–H and O–H groups in total. The van der Waals surface area contributed by atoms with Crippen molar-refractivity contribution in [3.63, 3.8) is 0 Å². The molecule has 2 aliphatic rings. The summed E-state index contributed by atoms with van der Waals surface area (Å²) >= 11 is 2.23. The van der Waals surface area contributed by atoms with Gasteiger partial charge in [0.05, 0.1) is 22.9 Å². The first kappa shape index (κ1) is 19.4. The van der Waals surface area contributed by atoms with E-state index in [0.29, 0.717) is 9.78 Å². The van der Waals surface area contributed by atoms with Gasteiger partial charge in [0.2, 0.25) is 5.91 Å².